The average Bonchev–Trinajstić information content (AvgIpc) is 2.79. The van der Waals surface area contributed by atoms with Crippen molar-refractivity contribution < 1.29 is 4.79 Å². The highest BCUT2D eigenvalue weighted by molar-refractivity contribution is 7.14. The molecule has 0 aliphatic carbocycles. The predicted octanol–water partition coefficient (Wildman–Crippen LogP) is 3.92. The first-order valence-corrected chi connectivity index (χ1v) is 7.73. The van der Waals surface area contributed by atoms with E-state index in [2.05, 4.69) is 32.3 Å². The van der Waals surface area contributed by atoms with Gasteiger partial charge in [0.2, 0.25) is 0 Å². The van der Waals surface area contributed by atoms with Gasteiger partial charge in [-0.1, -0.05) is 38.7 Å². The molecule has 108 valence electrons. The maximum Gasteiger partial charge on any atom is 0.160 e. The summed E-state index contributed by atoms with van der Waals surface area (Å²) in [5, 5.41) is 0. The molecule has 0 amide bonds. The summed E-state index contributed by atoms with van der Waals surface area (Å²) < 4.78 is 0. The molecule has 1 atom stereocenters. The Labute approximate surface area is 126 Å². The third kappa shape index (κ3) is 4.96. The molecule has 0 spiro atoms. The summed E-state index contributed by atoms with van der Waals surface area (Å²) in [5.41, 5.74) is 1.90. The Hall–Kier alpha value is -1.37. The SMILES string of the molecule is C=C(CN(C)C)c1cc(C#CC(C)CCC)sc1C=O. The Bertz CT molecular complexity index is 531. The first kappa shape index (κ1) is 16.7. The quantitative estimate of drug-likeness (QED) is 0.584. The molecule has 1 heterocycles. The fourth-order valence-electron chi connectivity index (χ4n) is 2.00. The summed E-state index contributed by atoms with van der Waals surface area (Å²) in [6.45, 7) is 9.12. The summed E-state index contributed by atoms with van der Waals surface area (Å²) in [5.74, 6) is 6.83. The maximum atomic E-state index is 11.2. The molecule has 20 heavy (non-hydrogen) atoms. The summed E-state index contributed by atoms with van der Waals surface area (Å²) in [6.07, 6.45) is 3.16. The fraction of sp³-hybridized carbons (Fsp3) is 0.471. The number of aldehydes is 1. The number of carbonyl (C=O) groups excluding carboxylic acids is 1. The summed E-state index contributed by atoms with van der Waals surface area (Å²) >= 11 is 1.45. The van der Waals surface area contributed by atoms with Gasteiger partial charge in [0.25, 0.3) is 0 Å². The Balaban J connectivity index is 2.94. The highest BCUT2D eigenvalue weighted by atomic mass is 32.1. The van der Waals surface area contributed by atoms with Crippen LogP contribution in [0.2, 0.25) is 0 Å². The molecule has 0 radical (unpaired) electrons. The van der Waals surface area contributed by atoms with E-state index in [1.54, 1.807) is 0 Å². The van der Waals surface area contributed by atoms with Crippen molar-refractivity contribution in [1.82, 2.24) is 4.90 Å². The van der Waals surface area contributed by atoms with Crippen molar-refractivity contribution in [3.8, 4) is 11.8 Å². The van der Waals surface area contributed by atoms with Gasteiger partial charge in [-0.05, 0) is 32.2 Å². The molecule has 1 aromatic heterocycles. The van der Waals surface area contributed by atoms with Crippen LogP contribution in [0, 0.1) is 17.8 Å². The lowest BCUT2D eigenvalue weighted by molar-refractivity contribution is 0.112. The number of hydrogen-bond acceptors (Lipinski definition) is 3. The van der Waals surface area contributed by atoms with E-state index in [1.807, 2.05) is 25.1 Å². The van der Waals surface area contributed by atoms with Gasteiger partial charge in [-0.15, -0.1) is 11.3 Å². The zero-order valence-corrected chi connectivity index (χ0v) is 13.6. The monoisotopic (exact) mass is 289 g/mol. The van der Waals surface area contributed by atoms with Crippen molar-refractivity contribution >= 4 is 23.2 Å². The van der Waals surface area contributed by atoms with Gasteiger partial charge in [0.1, 0.15) is 0 Å². The normalized spacial score (nSPS) is 11.8. The Morgan fingerprint density at radius 1 is 1.55 bits per heavy atom. The molecule has 0 saturated carbocycles. The Kier molecular flexibility index (Phi) is 6.70. The molecule has 0 fully saturated rings. The molecular weight excluding hydrogens is 266 g/mol. The van der Waals surface area contributed by atoms with Gasteiger partial charge in [-0.3, -0.25) is 4.79 Å². The predicted molar refractivity (Wildman–Crippen MR) is 88.2 cm³/mol. The fourth-order valence-corrected chi connectivity index (χ4v) is 2.88. The van der Waals surface area contributed by atoms with Crippen LogP contribution in [0.5, 0.6) is 0 Å². The maximum absolute atomic E-state index is 11.2. The lowest BCUT2D eigenvalue weighted by Gasteiger charge is -2.11. The minimum atomic E-state index is 0.398. The lowest BCUT2D eigenvalue weighted by Crippen LogP contribution is -2.14. The van der Waals surface area contributed by atoms with Crippen molar-refractivity contribution in [1.29, 1.82) is 0 Å². The molecule has 0 saturated heterocycles. The molecule has 0 bridgehead atoms. The van der Waals surface area contributed by atoms with Crippen molar-refractivity contribution in [3.05, 3.63) is 28.0 Å². The third-order valence-corrected chi connectivity index (χ3v) is 3.90. The molecule has 0 aliphatic heterocycles. The van der Waals surface area contributed by atoms with Crippen LogP contribution < -0.4 is 0 Å². The van der Waals surface area contributed by atoms with E-state index >= 15 is 0 Å². The minimum absolute atomic E-state index is 0.398. The number of carbonyl (C=O) groups is 1. The highest BCUT2D eigenvalue weighted by Gasteiger charge is 2.11. The van der Waals surface area contributed by atoms with Gasteiger partial charge < -0.3 is 4.90 Å². The molecule has 1 rings (SSSR count). The van der Waals surface area contributed by atoms with Gasteiger partial charge >= 0.3 is 0 Å². The number of nitrogens with zero attached hydrogens (tertiary/aromatic N) is 1. The summed E-state index contributed by atoms with van der Waals surface area (Å²) in [4.78, 5) is 14.9. The third-order valence-electron chi connectivity index (χ3n) is 2.92. The Morgan fingerprint density at radius 3 is 2.80 bits per heavy atom. The second-order valence-corrected chi connectivity index (χ2v) is 6.39. The smallest absolute Gasteiger partial charge is 0.160 e. The topological polar surface area (TPSA) is 20.3 Å². The molecular formula is C17H23NOS. The number of hydrogen-bond donors (Lipinski definition) is 0. The van der Waals surface area contributed by atoms with Crippen LogP contribution in [0.1, 0.15) is 46.8 Å². The minimum Gasteiger partial charge on any atom is -0.305 e. The lowest BCUT2D eigenvalue weighted by atomic mass is 10.1. The van der Waals surface area contributed by atoms with Gasteiger partial charge in [-0.2, -0.15) is 0 Å². The van der Waals surface area contributed by atoms with Gasteiger partial charge in [0.15, 0.2) is 6.29 Å². The van der Waals surface area contributed by atoms with Gasteiger partial charge in [0.05, 0.1) is 9.75 Å². The molecule has 1 aromatic rings. The van der Waals surface area contributed by atoms with E-state index in [-0.39, 0.29) is 0 Å². The summed E-state index contributed by atoms with van der Waals surface area (Å²) in [7, 11) is 3.98. The van der Waals surface area contributed by atoms with Crippen LogP contribution >= 0.6 is 11.3 Å². The Morgan fingerprint density at radius 2 is 2.25 bits per heavy atom. The first-order valence-electron chi connectivity index (χ1n) is 6.91. The highest BCUT2D eigenvalue weighted by Crippen LogP contribution is 2.26. The van der Waals surface area contributed by atoms with Crippen LogP contribution in [0.15, 0.2) is 12.6 Å². The van der Waals surface area contributed by atoms with Crippen molar-refractivity contribution in [2.24, 2.45) is 5.92 Å². The second-order valence-electron chi connectivity index (χ2n) is 5.31. The molecule has 2 nitrogen and oxygen atoms in total. The van der Waals surface area contributed by atoms with Crippen molar-refractivity contribution in [2.45, 2.75) is 26.7 Å². The van der Waals surface area contributed by atoms with Gasteiger partial charge in [-0.25, -0.2) is 0 Å². The second kappa shape index (κ2) is 8.04. The average molecular weight is 289 g/mol. The zero-order valence-electron chi connectivity index (χ0n) is 12.8. The van der Waals surface area contributed by atoms with Crippen LogP contribution in [0.4, 0.5) is 0 Å². The van der Waals surface area contributed by atoms with E-state index in [9.17, 15) is 4.79 Å². The van der Waals surface area contributed by atoms with E-state index in [0.717, 1.165) is 46.6 Å². The largest absolute Gasteiger partial charge is 0.305 e. The van der Waals surface area contributed by atoms with Crippen LogP contribution in [-0.2, 0) is 0 Å². The van der Waals surface area contributed by atoms with Crippen LogP contribution in [0.3, 0.4) is 0 Å². The number of thiophene rings is 1. The molecule has 0 aromatic carbocycles. The van der Waals surface area contributed by atoms with Crippen LogP contribution in [0.25, 0.3) is 5.57 Å². The van der Waals surface area contributed by atoms with E-state index in [1.165, 1.54) is 11.3 Å². The standard InChI is InChI=1S/C17H23NOS/c1-6-7-13(2)8-9-15-10-16(17(12-19)20-15)14(3)11-18(4)5/h10,12-13H,3,6-7,11H2,1-2,4-5H3. The molecule has 1 unspecified atom stereocenters. The van der Waals surface area contributed by atoms with Crippen molar-refractivity contribution in [3.63, 3.8) is 0 Å². The van der Waals surface area contributed by atoms with Crippen LogP contribution in [-0.4, -0.2) is 31.8 Å². The number of likely N-dealkylation sites (N-methyl/N-ethyl adjacent to an activating group) is 1. The zero-order chi connectivity index (χ0) is 15.1. The molecule has 0 aliphatic rings. The number of rotatable bonds is 6. The van der Waals surface area contributed by atoms with Crippen molar-refractivity contribution in [2.75, 3.05) is 20.6 Å². The van der Waals surface area contributed by atoms with E-state index in [0.29, 0.717) is 5.92 Å². The summed E-state index contributed by atoms with van der Waals surface area (Å²) in [6, 6.07) is 1.99. The van der Waals surface area contributed by atoms with E-state index < -0.39 is 0 Å². The first-order chi connectivity index (χ1) is 9.47. The molecule has 0 N–H and O–H groups in total. The van der Waals surface area contributed by atoms with Gasteiger partial charge in [0, 0.05) is 18.0 Å². The molecule has 3 heteroatoms. The van der Waals surface area contributed by atoms with E-state index in [4.69, 9.17) is 0 Å².